The van der Waals surface area contributed by atoms with Crippen LogP contribution < -0.4 is 5.73 Å². The fraction of sp³-hybridized carbons (Fsp3) is 0.714. The van der Waals surface area contributed by atoms with E-state index in [1.165, 1.54) is 6.42 Å². The zero-order valence-corrected chi connectivity index (χ0v) is 12.3. The van der Waals surface area contributed by atoms with Gasteiger partial charge in [-0.05, 0) is 20.3 Å². The molecule has 2 rings (SSSR count). The fourth-order valence-electron chi connectivity index (χ4n) is 2.55. The van der Waals surface area contributed by atoms with Crippen LogP contribution in [0.4, 0.5) is 5.82 Å². The van der Waals surface area contributed by atoms with Crippen LogP contribution in [0.25, 0.3) is 0 Å². The van der Waals surface area contributed by atoms with Gasteiger partial charge < -0.3 is 5.73 Å². The average Bonchev–Trinajstić information content (AvgIpc) is 2.37. The molecule has 0 aliphatic carbocycles. The maximum Gasteiger partial charge on any atom is 0.144 e. The van der Waals surface area contributed by atoms with Crippen LogP contribution in [0.1, 0.15) is 31.8 Å². The third kappa shape index (κ3) is 3.88. The Morgan fingerprint density at radius 1 is 1.26 bits per heavy atom. The van der Waals surface area contributed by atoms with Crippen LogP contribution in [0.15, 0.2) is 6.07 Å². The Bertz CT molecular complexity index is 392. The second-order valence-electron chi connectivity index (χ2n) is 5.42. The Kier molecular flexibility index (Phi) is 4.71. The first-order valence-electron chi connectivity index (χ1n) is 7.15. The van der Waals surface area contributed by atoms with Crippen molar-refractivity contribution in [1.29, 1.82) is 0 Å². The number of piperazine rings is 1. The van der Waals surface area contributed by atoms with Crippen LogP contribution in [0.2, 0.25) is 0 Å². The van der Waals surface area contributed by atoms with E-state index in [2.05, 4.69) is 33.6 Å². The van der Waals surface area contributed by atoms with Gasteiger partial charge in [0.1, 0.15) is 11.6 Å². The van der Waals surface area contributed by atoms with Gasteiger partial charge in [0.05, 0.1) is 6.54 Å². The number of aromatic nitrogens is 2. The number of nitrogen functional groups attached to an aromatic ring is 1. The van der Waals surface area contributed by atoms with Crippen molar-refractivity contribution in [2.45, 2.75) is 39.8 Å². The molecule has 5 heteroatoms. The number of rotatable bonds is 4. The van der Waals surface area contributed by atoms with Crippen molar-refractivity contribution in [3.63, 3.8) is 0 Å². The first kappa shape index (κ1) is 14.2. The molecular formula is C14H25N5. The summed E-state index contributed by atoms with van der Waals surface area (Å²) >= 11 is 0. The summed E-state index contributed by atoms with van der Waals surface area (Å²) in [6.45, 7) is 11.8. The molecule has 1 aliphatic heterocycles. The van der Waals surface area contributed by atoms with Gasteiger partial charge in [-0.2, -0.15) is 0 Å². The second-order valence-corrected chi connectivity index (χ2v) is 5.42. The van der Waals surface area contributed by atoms with Gasteiger partial charge in [-0.25, -0.2) is 9.97 Å². The Balaban J connectivity index is 1.88. The summed E-state index contributed by atoms with van der Waals surface area (Å²) in [6.07, 6.45) is 1.22. The molecule has 5 nitrogen and oxygen atoms in total. The molecule has 0 aromatic carbocycles. The molecule has 19 heavy (non-hydrogen) atoms. The van der Waals surface area contributed by atoms with Crippen molar-refractivity contribution in [2.24, 2.45) is 0 Å². The Morgan fingerprint density at radius 3 is 2.53 bits per heavy atom. The number of nitrogens with two attached hydrogens (primary N) is 1. The topological polar surface area (TPSA) is 58.3 Å². The van der Waals surface area contributed by atoms with Crippen molar-refractivity contribution in [1.82, 2.24) is 19.8 Å². The molecule has 0 amide bonds. The van der Waals surface area contributed by atoms with Crippen LogP contribution >= 0.6 is 0 Å². The lowest BCUT2D eigenvalue weighted by atomic mass is 10.2. The number of aryl methyl sites for hydroxylation is 1. The number of hydrogen-bond acceptors (Lipinski definition) is 5. The molecule has 106 valence electrons. The first-order chi connectivity index (χ1) is 9.08. The summed E-state index contributed by atoms with van der Waals surface area (Å²) in [6, 6.07) is 2.50. The van der Waals surface area contributed by atoms with E-state index in [4.69, 9.17) is 5.73 Å². The SMILES string of the molecule is CCC(C)N1CCN(Cc2nc(C)cc(N)n2)CC1. The summed E-state index contributed by atoms with van der Waals surface area (Å²) in [7, 11) is 0. The Hall–Kier alpha value is -1.20. The van der Waals surface area contributed by atoms with Gasteiger partial charge >= 0.3 is 0 Å². The smallest absolute Gasteiger partial charge is 0.144 e. The predicted molar refractivity (Wildman–Crippen MR) is 77.8 cm³/mol. The predicted octanol–water partition coefficient (Wildman–Crippen LogP) is 1.28. The third-order valence-corrected chi connectivity index (χ3v) is 3.91. The number of anilines is 1. The number of hydrogen-bond donors (Lipinski definition) is 1. The van der Waals surface area contributed by atoms with Crippen LogP contribution in [0.5, 0.6) is 0 Å². The highest BCUT2D eigenvalue weighted by Gasteiger charge is 2.20. The highest BCUT2D eigenvalue weighted by atomic mass is 15.3. The van der Waals surface area contributed by atoms with E-state index < -0.39 is 0 Å². The van der Waals surface area contributed by atoms with Gasteiger partial charge in [0.25, 0.3) is 0 Å². The molecule has 2 N–H and O–H groups in total. The Labute approximate surface area is 115 Å². The quantitative estimate of drug-likeness (QED) is 0.887. The van der Waals surface area contributed by atoms with E-state index in [0.717, 1.165) is 44.2 Å². The van der Waals surface area contributed by atoms with Gasteiger partial charge in [-0.1, -0.05) is 6.92 Å². The minimum atomic E-state index is 0.570. The summed E-state index contributed by atoms with van der Waals surface area (Å²) in [5, 5.41) is 0. The first-order valence-corrected chi connectivity index (χ1v) is 7.15. The molecule has 1 aromatic rings. The van der Waals surface area contributed by atoms with Crippen molar-refractivity contribution in [2.75, 3.05) is 31.9 Å². The van der Waals surface area contributed by atoms with Crippen molar-refractivity contribution < 1.29 is 0 Å². The molecule has 1 fully saturated rings. The van der Waals surface area contributed by atoms with E-state index in [1.807, 2.05) is 13.0 Å². The van der Waals surface area contributed by atoms with Crippen LogP contribution in [0, 0.1) is 6.92 Å². The lowest BCUT2D eigenvalue weighted by molar-refractivity contribution is 0.0947. The van der Waals surface area contributed by atoms with Gasteiger partial charge in [0, 0.05) is 44.0 Å². The highest BCUT2D eigenvalue weighted by Crippen LogP contribution is 2.11. The van der Waals surface area contributed by atoms with E-state index in [9.17, 15) is 0 Å². The molecule has 0 saturated carbocycles. The monoisotopic (exact) mass is 263 g/mol. The van der Waals surface area contributed by atoms with Crippen LogP contribution in [-0.2, 0) is 6.54 Å². The lowest BCUT2D eigenvalue weighted by Crippen LogP contribution is -2.49. The zero-order chi connectivity index (χ0) is 13.8. The average molecular weight is 263 g/mol. The molecule has 1 aliphatic rings. The van der Waals surface area contributed by atoms with Crippen LogP contribution in [0.3, 0.4) is 0 Å². The molecular weight excluding hydrogens is 238 g/mol. The standard InChI is InChI=1S/C14H25N5/c1-4-12(3)19-7-5-18(6-8-19)10-14-16-11(2)9-13(15)17-14/h9,12H,4-8,10H2,1-3H3,(H2,15,16,17). The largest absolute Gasteiger partial charge is 0.384 e. The summed E-state index contributed by atoms with van der Waals surface area (Å²) < 4.78 is 0. The molecule has 2 heterocycles. The normalized spacial score (nSPS) is 19.5. The maximum absolute atomic E-state index is 5.77. The summed E-state index contributed by atoms with van der Waals surface area (Å²) in [5.41, 5.74) is 6.71. The second kappa shape index (κ2) is 6.30. The van der Waals surface area contributed by atoms with Gasteiger partial charge in [-0.15, -0.1) is 0 Å². The van der Waals surface area contributed by atoms with Gasteiger partial charge in [0.2, 0.25) is 0 Å². The lowest BCUT2D eigenvalue weighted by Gasteiger charge is -2.37. The van der Waals surface area contributed by atoms with E-state index in [0.29, 0.717) is 11.9 Å². The summed E-state index contributed by atoms with van der Waals surface area (Å²) in [4.78, 5) is 13.7. The molecule has 1 unspecified atom stereocenters. The molecule has 0 radical (unpaired) electrons. The van der Waals surface area contributed by atoms with Crippen molar-refractivity contribution in [3.05, 3.63) is 17.6 Å². The zero-order valence-electron chi connectivity index (χ0n) is 12.3. The van der Waals surface area contributed by atoms with Gasteiger partial charge in [-0.3, -0.25) is 9.80 Å². The number of nitrogens with zero attached hydrogens (tertiary/aromatic N) is 4. The van der Waals surface area contributed by atoms with E-state index >= 15 is 0 Å². The van der Waals surface area contributed by atoms with Crippen molar-refractivity contribution in [3.8, 4) is 0 Å². The van der Waals surface area contributed by atoms with Crippen LogP contribution in [-0.4, -0.2) is 52.0 Å². The minimum absolute atomic E-state index is 0.570. The fourth-order valence-corrected chi connectivity index (χ4v) is 2.55. The molecule has 1 aromatic heterocycles. The van der Waals surface area contributed by atoms with E-state index in [-0.39, 0.29) is 0 Å². The highest BCUT2D eigenvalue weighted by molar-refractivity contribution is 5.29. The summed E-state index contributed by atoms with van der Waals surface area (Å²) in [5.74, 6) is 1.41. The molecule has 1 atom stereocenters. The van der Waals surface area contributed by atoms with E-state index in [1.54, 1.807) is 0 Å². The molecule has 0 bridgehead atoms. The van der Waals surface area contributed by atoms with Crippen molar-refractivity contribution >= 4 is 5.82 Å². The molecule has 1 saturated heterocycles. The third-order valence-electron chi connectivity index (χ3n) is 3.91. The maximum atomic E-state index is 5.77. The Morgan fingerprint density at radius 2 is 1.95 bits per heavy atom. The minimum Gasteiger partial charge on any atom is -0.384 e. The molecule has 0 spiro atoms. The van der Waals surface area contributed by atoms with Gasteiger partial charge in [0.15, 0.2) is 0 Å².